The quantitative estimate of drug-likeness (QED) is 0.839. The Balaban J connectivity index is 2.81. The molecule has 0 spiro atoms. The van der Waals surface area contributed by atoms with Crippen molar-refractivity contribution in [2.24, 2.45) is 0 Å². The van der Waals surface area contributed by atoms with E-state index in [4.69, 9.17) is 9.84 Å². The summed E-state index contributed by atoms with van der Waals surface area (Å²) in [6.07, 6.45) is 0.0210. The number of nitrogens with zero attached hydrogens (tertiary/aromatic N) is 1. The van der Waals surface area contributed by atoms with Crippen LogP contribution in [-0.4, -0.2) is 40.6 Å². The van der Waals surface area contributed by atoms with Crippen LogP contribution >= 0.6 is 0 Å². The summed E-state index contributed by atoms with van der Waals surface area (Å²) in [4.78, 5) is 24.7. The van der Waals surface area contributed by atoms with Crippen LogP contribution in [-0.2, 0) is 4.79 Å². The highest BCUT2D eigenvalue weighted by Gasteiger charge is 2.19. The predicted octanol–water partition coefficient (Wildman–Crippen LogP) is 2.80. The Bertz CT molecular complexity index is 480. The first-order valence-corrected chi connectivity index (χ1v) is 7.10. The maximum atomic E-state index is 12.4. The lowest BCUT2D eigenvalue weighted by atomic mass is 10.1. The number of amides is 1. The van der Waals surface area contributed by atoms with Gasteiger partial charge in [0.2, 0.25) is 0 Å². The van der Waals surface area contributed by atoms with Crippen LogP contribution in [0.25, 0.3) is 0 Å². The summed E-state index contributed by atoms with van der Waals surface area (Å²) < 4.78 is 5.53. The molecule has 0 saturated carbocycles. The molecule has 0 atom stereocenters. The van der Waals surface area contributed by atoms with Crippen molar-refractivity contribution in [3.8, 4) is 5.75 Å². The number of benzene rings is 1. The molecule has 5 heteroatoms. The second kappa shape index (κ2) is 7.67. The molecule has 116 valence electrons. The van der Waals surface area contributed by atoms with Gasteiger partial charge in [-0.3, -0.25) is 9.59 Å². The zero-order valence-corrected chi connectivity index (χ0v) is 13.0. The number of hydrogen-bond donors (Lipinski definition) is 1. The third-order valence-corrected chi connectivity index (χ3v) is 2.92. The monoisotopic (exact) mass is 293 g/mol. The average molecular weight is 293 g/mol. The minimum atomic E-state index is -0.908. The average Bonchev–Trinajstić information content (AvgIpc) is 2.38. The fraction of sp³-hybridized carbons (Fsp3) is 0.500. The van der Waals surface area contributed by atoms with Crippen LogP contribution < -0.4 is 4.74 Å². The molecular weight excluding hydrogens is 270 g/mol. The van der Waals surface area contributed by atoms with Crippen molar-refractivity contribution in [3.63, 3.8) is 0 Å². The van der Waals surface area contributed by atoms with Crippen molar-refractivity contribution in [1.29, 1.82) is 0 Å². The lowest BCUT2D eigenvalue weighted by Crippen LogP contribution is -2.38. The number of hydrogen-bond acceptors (Lipinski definition) is 3. The van der Waals surface area contributed by atoms with E-state index in [1.807, 2.05) is 27.7 Å². The van der Waals surface area contributed by atoms with Crippen molar-refractivity contribution in [2.45, 2.75) is 46.3 Å². The van der Waals surface area contributed by atoms with Gasteiger partial charge >= 0.3 is 5.97 Å². The molecule has 0 heterocycles. The van der Waals surface area contributed by atoms with Crippen LogP contribution in [0.4, 0.5) is 0 Å². The first kappa shape index (κ1) is 17.0. The van der Waals surface area contributed by atoms with E-state index in [9.17, 15) is 9.59 Å². The largest absolute Gasteiger partial charge is 0.491 e. The Kier molecular flexibility index (Phi) is 6.21. The Hall–Kier alpha value is -2.04. The molecule has 5 nitrogen and oxygen atoms in total. The molecular formula is C16H23NO4. The smallest absolute Gasteiger partial charge is 0.305 e. The van der Waals surface area contributed by atoms with Crippen molar-refractivity contribution >= 4 is 11.9 Å². The van der Waals surface area contributed by atoms with Gasteiger partial charge in [0.25, 0.3) is 5.91 Å². The molecule has 1 rings (SSSR count). The van der Waals surface area contributed by atoms with E-state index in [-0.39, 0.29) is 31.0 Å². The summed E-state index contributed by atoms with van der Waals surface area (Å²) >= 11 is 0. The van der Waals surface area contributed by atoms with Crippen LogP contribution in [0.1, 0.15) is 44.5 Å². The zero-order valence-electron chi connectivity index (χ0n) is 13.0. The third kappa shape index (κ3) is 5.45. The van der Waals surface area contributed by atoms with Gasteiger partial charge in [-0.2, -0.15) is 0 Å². The van der Waals surface area contributed by atoms with Crippen LogP contribution in [0.2, 0.25) is 0 Å². The van der Waals surface area contributed by atoms with Gasteiger partial charge in [0.05, 0.1) is 12.5 Å². The fourth-order valence-electron chi connectivity index (χ4n) is 1.92. The lowest BCUT2D eigenvalue weighted by molar-refractivity contribution is -0.137. The Morgan fingerprint density at radius 2 is 1.71 bits per heavy atom. The molecule has 1 N–H and O–H groups in total. The highest BCUT2D eigenvalue weighted by atomic mass is 16.5. The fourth-order valence-corrected chi connectivity index (χ4v) is 1.92. The van der Waals surface area contributed by atoms with E-state index < -0.39 is 5.97 Å². The number of carbonyl (C=O) groups is 2. The molecule has 0 unspecified atom stereocenters. The molecule has 0 saturated heterocycles. The normalized spacial score (nSPS) is 10.8. The molecule has 0 aliphatic heterocycles. The number of rotatable bonds is 7. The minimum Gasteiger partial charge on any atom is -0.491 e. The predicted molar refractivity (Wildman–Crippen MR) is 80.6 cm³/mol. The standard InChI is InChI=1S/C16H23NO4/c1-11(2)17(10-9-15(18)19)16(20)13-5-7-14(8-6-13)21-12(3)4/h5-8,11-12H,9-10H2,1-4H3,(H,18,19). The van der Waals surface area contributed by atoms with Gasteiger partial charge in [0.1, 0.15) is 5.75 Å². The number of carboxylic acid groups (broad SMARTS) is 1. The van der Waals surface area contributed by atoms with Crippen LogP contribution in [0.3, 0.4) is 0 Å². The Labute approximate surface area is 125 Å². The van der Waals surface area contributed by atoms with Gasteiger partial charge in [-0.1, -0.05) is 0 Å². The minimum absolute atomic E-state index is 0.0524. The van der Waals surface area contributed by atoms with E-state index in [0.29, 0.717) is 11.3 Å². The molecule has 0 fully saturated rings. The molecule has 21 heavy (non-hydrogen) atoms. The molecule has 1 aromatic rings. The summed E-state index contributed by atoms with van der Waals surface area (Å²) in [7, 11) is 0. The van der Waals surface area contributed by atoms with Crippen LogP contribution in [0.15, 0.2) is 24.3 Å². The highest BCUT2D eigenvalue weighted by molar-refractivity contribution is 5.94. The topological polar surface area (TPSA) is 66.8 Å². The maximum absolute atomic E-state index is 12.4. The van der Waals surface area contributed by atoms with E-state index in [1.165, 1.54) is 0 Å². The summed E-state index contributed by atoms with van der Waals surface area (Å²) in [5.41, 5.74) is 0.533. The van der Waals surface area contributed by atoms with Crippen LogP contribution in [0.5, 0.6) is 5.75 Å². The molecule has 0 aromatic heterocycles. The van der Waals surface area contributed by atoms with Crippen LogP contribution in [0, 0.1) is 0 Å². The summed E-state index contributed by atoms with van der Waals surface area (Å²) in [6, 6.07) is 6.86. The lowest BCUT2D eigenvalue weighted by Gasteiger charge is -2.26. The van der Waals surface area contributed by atoms with Crippen molar-refractivity contribution in [3.05, 3.63) is 29.8 Å². The summed E-state index contributed by atoms with van der Waals surface area (Å²) in [5, 5.41) is 8.76. The number of carboxylic acids is 1. The molecule has 0 aliphatic rings. The zero-order chi connectivity index (χ0) is 16.0. The molecule has 0 bridgehead atoms. The summed E-state index contributed by atoms with van der Waals surface area (Å²) in [5.74, 6) is -0.361. The van der Waals surface area contributed by atoms with E-state index in [1.54, 1.807) is 29.2 Å². The third-order valence-electron chi connectivity index (χ3n) is 2.92. The van der Waals surface area contributed by atoms with E-state index in [2.05, 4.69) is 0 Å². The molecule has 1 amide bonds. The number of carbonyl (C=O) groups excluding carboxylic acids is 1. The van der Waals surface area contributed by atoms with Gasteiger partial charge in [0.15, 0.2) is 0 Å². The highest BCUT2D eigenvalue weighted by Crippen LogP contribution is 2.16. The van der Waals surface area contributed by atoms with E-state index >= 15 is 0 Å². The van der Waals surface area contributed by atoms with Crippen molar-refractivity contribution in [2.75, 3.05) is 6.54 Å². The van der Waals surface area contributed by atoms with Crippen molar-refractivity contribution < 1.29 is 19.4 Å². The van der Waals surface area contributed by atoms with Gasteiger partial charge in [0, 0.05) is 18.2 Å². The molecule has 1 aromatic carbocycles. The van der Waals surface area contributed by atoms with E-state index in [0.717, 1.165) is 0 Å². The first-order chi connectivity index (χ1) is 9.81. The Morgan fingerprint density at radius 3 is 2.14 bits per heavy atom. The number of ether oxygens (including phenoxy) is 1. The molecule has 0 aliphatic carbocycles. The Morgan fingerprint density at radius 1 is 1.14 bits per heavy atom. The van der Waals surface area contributed by atoms with Crippen molar-refractivity contribution in [1.82, 2.24) is 4.90 Å². The second-order valence-electron chi connectivity index (χ2n) is 5.43. The second-order valence-corrected chi connectivity index (χ2v) is 5.43. The number of aliphatic carboxylic acids is 1. The first-order valence-electron chi connectivity index (χ1n) is 7.10. The molecule has 0 radical (unpaired) electrons. The maximum Gasteiger partial charge on any atom is 0.305 e. The SMILES string of the molecule is CC(C)Oc1ccc(C(=O)N(CCC(=O)O)C(C)C)cc1. The van der Waals surface area contributed by atoms with Gasteiger partial charge in [-0.15, -0.1) is 0 Å². The summed E-state index contributed by atoms with van der Waals surface area (Å²) in [6.45, 7) is 7.82. The van der Waals surface area contributed by atoms with Gasteiger partial charge < -0.3 is 14.7 Å². The van der Waals surface area contributed by atoms with Gasteiger partial charge in [-0.05, 0) is 52.0 Å². The van der Waals surface area contributed by atoms with Gasteiger partial charge in [-0.25, -0.2) is 0 Å².